The normalized spacial score (nSPS) is 16.9. The molecule has 0 fully saturated rings. The summed E-state index contributed by atoms with van der Waals surface area (Å²) in [6.45, 7) is 12.2. The van der Waals surface area contributed by atoms with Gasteiger partial charge in [0.05, 0.1) is 24.2 Å². The second-order valence-electron chi connectivity index (χ2n) is 11.0. The van der Waals surface area contributed by atoms with Gasteiger partial charge in [0.15, 0.2) is 5.82 Å². The maximum absolute atomic E-state index is 5.34. The number of methoxy groups -OCH3 is 1. The van der Waals surface area contributed by atoms with Gasteiger partial charge in [-0.2, -0.15) is 25.1 Å². The molecule has 6 rings (SSSR count). The summed E-state index contributed by atoms with van der Waals surface area (Å²) in [6.07, 6.45) is 6.27. The monoisotopic (exact) mass is 547 g/mol. The Balaban J connectivity index is 1.45. The molecule has 0 saturated carbocycles. The van der Waals surface area contributed by atoms with Crippen LogP contribution in [0.25, 0.3) is 23.5 Å². The lowest BCUT2D eigenvalue weighted by Gasteiger charge is -2.28. The highest BCUT2D eigenvalue weighted by Gasteiger charge is 2.40. The SMILES string of the molecule is COc1ccc(C2=CN(C)C3=NC(=Cc4nc(-n5nc(C)cc5C)nc(-n5nc(C)cc5C)n4)C(C)(C)C3=C2)cc1. The summed E-state index contributed by atoms with van der Waals surface area (Å²) in [4.78, 5) is 21.5. The van der Waals surface area contributed by atoms with Crippen molar-refractivity contribution in [3.05, 3.63) is 94.1 Å². The minimum Gasteiger partial charge on any atom is -0.497 e. The van der Waals surface area contributed by atoms with E-state index in [1.165, 1.54) is 0 Å². The number of hydrogen-bond donors (Lipinski definition) is 0. The van der Waals surface area contributed by atoms with Crippen LogP contribution in [0.1, 0.15) is 48.0 Å². The first-order chi connectivity index (χ1) is 19.5. The first-order valence-electron chi connectivity index (χ1n) is 13.5. The molecule has 0 unspecified atom stereocenters. The Labute approximate surface area is 239 Å². The number of aliphatic imine (C=N–C) groups is 1. The number of aryl methyl sites for hydroxylation is 4. The van der Waals surface area contributed by atoms with Gasteiger partial charge in [0, 0.05) is 41.7 Å². The zero-order valence-corrected chi connectivity index (χ0v) is 24.6. The zero-order chi connectivity index (χ0) is 29.1. The number of likely N-dealkylation sites (N-methyl/N-ethyl adjacent to an activating group) is 1. The maximum Gasteiger partial charge on any atom is 0.256 e. The topological polar surface area (TPSA) is 99.1 Å². The molecule has 1 aromatic carbocycles. The van der Waals surface area contributed by atoms with Crippen molar-refractivity contribution in [2.75, 3.05) is 14.2 Å². The van der Waals surface area contributed by atoms with Gasteiger partial charge in [-0.15, -0.1) is 0 Å². The van der Waals surface area contributed by atoms with Crippen molar-refractivity contribution in [2.45, 2.75) is 41.5 Å². The average molecular weight is 548 g/mol. The molecule has 0 N–H and O–H groups in total. The van der Waals surface area contributed by atoms with Crippen molar-refractivity contribution in [3.63, 3.8) is 0 Å². The number of aromatic nitrogens is 7. The van der Waals surface area contributed by atoms with E-state index < -0.39 is 0 Å². The Bertz CT molecular complexity index is 1730. The molecule has 0 saturated heterocycles. The van der Waals surface area contributed by atoms with Crippen molar-refractivity contribution >= 4 is 17.5 Å². The molecule has 0 radical (unpaired) electrons. The molecule has 3 aromatic heterocycles. The van der Waals surface area contributed by atoms with Gasteiger partial charge in [0.2, 0.25) is 0 Å². The molecule has 10 nitrogen and oxygen atoms in total. The highest BCUT2D eigenvalue weighted by molar-refractivity contribution is 6.08. The summed E-state index contributed by atoms with van der Waals surface area (Å²) in [6, 6.07) is 12.1. The maximum atomic E-state index is 5.34. The van der Waals surface area contributed by atoms with Gasteiger partial charge in [-0.05, 0) is 69.2 Å². The van der Waals surface area contributed by atoms with Gasteiger partial charge in [0.25, 0.3) is 11.9 Å². The second-order valence-corrected chi connectivity index (χ2v) is 11.0. The molecule has 2 aliphatic rings. The van der Waals surface area contributed by atoms with Crippen LogP contribution >= 0.6 is 0 Å². The van der Waals surface area contributed by atoms with Gasteiger partial charge < -0.3 is 9.64 Å². The summed E-state index contributed by atoms with van der Waals surface area (Å²) in [7, 11) is 3.70. The molecule has 0 aliphatic carbocycles. The van der Waals surface area contributed by atoms with E-state index >= 15 is 0 Å². The van der Waals surface area contributed by atoms with Gasteiger partial charge in [-0.1, -0.05) is 26.0 Å². The van der Waals surface area contributed by atoms with Crippen LogP contribution in [-0.2, 0) is 0 Å². The number of allylic oxidation sites excluding steroid dienone is 3. The van der Waals surface area contributed by atoms with E-state index in [9.17, 15) is 0 Å². The van der Waals surface area contributed by atoms with Crippen molar-refractivity contribution in [1.29, 1.82) is 0 Å². The lowest BCUT2D eigenvalue weighted by atomic mass is 9.80. The van der Waals surface area contributed by atoms with Crippen molar-refractivity contribution < 1.29 is 4.74 Å². The van der Waals surface area contributed by atoms with E-state index in [1.54, 1.807) is 16.5 Å². The first-order valence-corrected chi connectivity index (χ1v) is 13.5. The Kier molecular flexibility index (Phi) is 6.21. The standard InChI is InChI=1S/C31H33N9O/c1-18-13-20(3)39(36-18)29-33-27(34-30(35-29)40-21(4)14-19(2)37-40)16-26-31(5,6)25-15-23(17-38(7)28(25)32-26)22-9-11-24(41-8)12-10-22/h9-17H,1-8H3. The summed E-state index contributed by atoms with van der Waals surface area (Å²) in [5.41, 5.74) is 7.46. The summed E-state index contributed by atoms with van der Waals surface area (Å²) in [5.74, 6) is 3.09. The van der Waals surface area contributed by atoms with Crippen LogP contribution in [0.5, 0.6) is 5.75 Å². The predicted octanol–water partition coefficient (Wildman–Crippen LogP) is 5.18. The minimum atomic E-state index is -0.390. The highest BCUT2D eigenvalue weighted by Crippen LogP contribution is 2.46. The fraction of sp³-hybridized carbons (Fsp3) is 0.290. The zero-order valence-electron chi connectivity index (χ0n) is 24.6. The minimum absolute atomic E-state index is 0.390. The van der Waals surface area contributed by atoms with Crippen LogP contribution in [0.15, 0.2) is 64.9 Å². The highest BCUT2D eigenvalue weighted by atomic mass is 16.5. The van der Waals surface area contributed by atoms with E-state index in [-0.39, 0.29) is 5.41 Å². The molecule has 4 aromatic rings. The van der Waals surface area contributed by atoms with E-state index in [0.29, 0.717) is 17.7 Å². The Morgan fingerprint density at radius 1 is 0.829 bits per heavy atom. The van der Waals surface area contributed by atoms with Gasteiger partial charge in [-0.25, -0.2) is 14.4 Å². The molecular weight excluding hydrogens is 514 g/mol. The molecule has 41 heavy (non-hydrogen) atoms. The van der Waals surface area contributed by atoms with Crippen LogP contribution in [0.2, 0.25) is 0 Å². The number of rotatable bonds is 5. The van der Waals surface area contributed by atoms with Gasteiger partial charge in [0.1, 0.15) is 11.6 Å². The van der Waals surface area contributed by atoms with Crippen LogP contribution < -0.4 is 4.74 Å². The number of fused-ring (bicyclic) bond motifs is 1. The van der Waals surface area contributed by atoms with Crippen LogP contribution in [0.4, 0.5) is 0 Å². The lowest BCUT2D eigenvalue weighted by Crippen LogP contribution is -2.28. The fourth-order valence-electron chi connectivity index (χ4n) is 5.27. The third-order valence-corrected chi connectivity index (χ3v) is 7.46. The number of benzene rings is 1. The molecule has 2 aliphatic heterocycles. The number of ether oxygens (including phenoxy) is 1. The first kappa shape index (κ1) is 26.4. The van der Waals surface area contributed by atoms with Crippen LogP contribution in [0, 0.1) is 33.1 Å². The third kappa shape index (κ3) is 4.65. The van der Waals surface area contributed by atoms with Crippen molar-refractivity contribution in [1.82, 2.24) is 39.4 Å². The molecule has 0 spiro atoms. The smallest absolute Gasteiger partial charge is 0.256 e. The molecule has 208 valence electrons. The largest absolute Gasteiger partial charge is 0.497 e. The average Bonchev–Trinajstić information content (AvgIpc) is 3.55. The van der Waals surface area contributed by atoms with Crippen molar-refractivity contribution in [3.8, 4) is 17.6 Å². The fourth-order valence-corrected chi connectivity index (χ4v) is 5.27. The third-order valence-electron chi connectivity index (χ3n) is 7.46. The Hall–Kier alpha value is -4.86. The predicted molar refractivity (Wildman–Crippen MR) is 159 cm³/mol. The van der Waals surface area contributed by atoms with Gasteiger partial charge >= 0.3 is 0 Å². The lowest BCUT2D eigenvalue weighted by molar-refractivity contribution is 0.415. The molecule has 0 amide bonds. The second kappa shape index (κ2) is 9.65. The summed E-state index contributed by atoms with van der Waals surface area (Å²) >= 11 is 0. The van der Waals surface area contributed by atoms with Crippen LogP contribution in [-0.4, -0.2) is 59.4 Å². The molecule has 5 heterocycles. The van der Waals surface area contributed by atoms with E-state index in [2.05, 4.69) is 53.4 Å². The summed E-state index contributed by atoms with van der Waals surface area (Å²) in [5, 5.41) is 9.23. The molecule has 10 heteroatoms. The quantitative estimate of drug-likeness (QED) is 0.340. The molecule has 0 atom stereocenters. The van der Waals surface area contributed by atoms with Crippen LogP contribution in [0.3, 0.4) is 0 Å². The number of nitrogens with zero attached hydrogens (tertiary/aromatic N) is 9. The number of hydrogen-bond acceptors (Lipinski definition) is 8. The summed E-state index contributed by atoms with van der Waals surface area (Å²) < 4.78 is 8.81. The Morgan fingerprint density at radius 3 is 1.93 bits per heavy atom. The van der Waals surface area contributed by atoms with E-state index in [1.807, 2.05) is 65.1 Å². The Morgan fingerprint density at radius 2 is 1.41 bits per heavy atom. The van der Waals surface area contributed by atoms with Crippen molar-refractivity contribution in [2.24, 2.45) is 10.4 Å². The molecular formula is C31H33N9O. The number of amidine groups is 1. The van der Waals surface area contributed by atoms with E-state index in [0.717, 1.165) is 56.8 Å². The molecule has 0 bridgehead atoms. The van der Waals surface area contributed by atoms with Gasteiger partial charge in [-0.3, -0.25) is 0 Å². The van der Waals surface area contributed by atoms with E-state index in [4.69, 9.17) is 24.7 Å².